The van der Waals surface area contributed by atoms with Crippen LogP contribution < -0.4 is 19.5 Å². The number of carbonyl (C=O) groups is 2. The molecule has 0 aliphatic heterocycles. The molecule has 0 unspecified atom stereocenters. The number of aliphatic carboxylic acids is 1. The summed E-state index contributed by atoms with van der Waals surface area (Å²) in [6, 6.07) is 1.37. The summed E-state index contributed by atoms with van der Waals surface area (Å²) >= 11 is 0. The lowest BCUT2D eigenvalue weighted by molar-refractivity contribution is -0.140. The summed E-state index contributed by atoms with van der Waals surface area (Å²) in [5, 5.41) is 19.9. The van der Waals surface area contributed by atoms with Crippen LogP contribution in [0.4, 0.5) is 0 Å². The van der Waals surface area contributed by atoms with Gasteiger partial charge in [0, 0.05) is 5.56 Å². The number of hydrogen-bond donors (Lipinski definition) is 3. The number of benzene rings is 1. The molecule has 0 fully saturated rings. The first kappa shape index (κ1) is 16.6. The third kappa shape index (κ3) is 3.76. The minimum Gasteiger partial charge on any atom is -0.493 e. The number of hydrogen-bond acceptors (Lipinski definition) is 6. The molecule has 0 aromatic heterocycles. The standard InChI is InChI=1S/C13H17NO7/c1-19-9-4-7(5-10(20-2)11(9)21-3)12(16)14-8(6-15)13(17)18/h4-5,8,15H,6H2,1-3H3,(H,14,16)(H,17,18)/t8-/m0/s1. The molecule has 8 nitrogen and oxygen atoms in total. The van der Waals surface area contributed by atoms with Crippen molar-refractivity contribution in [2.24, 2.45) is 0 Å². The Labute approximate surface area is 121 Å². The molecule has 21 heavy (non-hydrogen) atoms. The van der Waals surface area contributed by atoms with E-state index < -0.39 is 24.5 Å². The van der Waals surface area contributed by atoms with Crippen molar-refractivity contribution in [2.75, 3.05) is 27.9 Å². The molecule has 1 atom stereocenters. The molecule has 1 rings (SSSR count). The number of carboxylic acid groups (broad SMARTS) is 1. The van der Waals surface area contributed by atoms with E-state index in [0.717, 1.165) is 0 Å². The molecule has 3 N–H and O–H groups in total. The van der Waals surface area contributed by atoms with E-state index >= 15 is 0 Å². The van der Waals surface area contributed by atoms with Crippen molar-refractivity contribution in [1.82, 2.24) is 5.32 Å². The summed E-state index contributed by atoms with van der Waals surface area (Å²) in [4.78, 5) is 22.8. The largest absolute Gasteiger partial charge is 0.493 e. The first-order valence-electron chi connectivity index (χ1n) is 5.93. The monoisotopic (exact) mass is 299 g/mol. The van der Waals surface area contributed by atoms with E-state index in [1.165, 1.54) is 33.5 Å². The number of amides is 1. The van der Waals surface area contributed by atoms with Crippen molar-refractivity contribution in [1.29, 1.82) is 0 Å². The summed E-state index contributed by atoms with van der Waals surface area (Å²) < 4.78 is 15.3. The minimum absolute atomic E-state index is 0.115. The van der Waals surface area contributed by atoms with Gasteiger partial charge in [-0.3, -0.25) is 4.79 Å². The van der Waals surface area contributed by atoms with Gasteiger partial charge < -0.3 is 29.7 Å². The zero-order valence-electron chi connectivity index (χ0n) is 11.9. The van der Waals surface area contributed by atoms with Gasteiger partial charge >= 0.3 is 5.97 Å². The normalized spacial score (nSPS) is 11.4. The Bertz CT molecular complexity index is 504. The molecule has 0 bridgehead atoms. The van der Waals surface area contributed by atoms with Crippen LogP contribution in [0.25, 0.3) is 0 Å². The number of carbonyl (C=O) groups excluding carboxylic acids is 1. The van der Waals surface area contributed by atoms with Crippen molar-refractivity contribution in [2.45, 2.75) is 6.04 Å². The second-order valence-corrected chi connectivity index (χ2v) is 3.96. The van der Waals surface area contributed by atoms with E-state index in [2.05, 4.69) is 5.32 Å². The summed E-state index contributed by atoms with van der Waals surface area (Å²) in [6.45, 7) is -0.717. The number of ether oxygens (including phenoxy) is 3. The zero-order valence-corrected chi connectivity index (χ0v) is 11.9. The summed E-state index contributed by atoms with van der Waals surface area (Å²) in [6.07, 6.45) is 0. The molecule has 0 radical (unpaired) electrons. The summed E-state index contributed by atoms with van der Waals surface area (Å²) in [5.74, 6) is -1.18. The van der Waals surface area contributed by atoms with Gasteiger partial charge in [0.2, 0.25) is 5.75 Å². The van der Waals surface area contributed by atoms with Crippen LogP contribution in [0.1, 0.15) is 10.4 Å². The Morgan fingerprint density at radius 2 is 1.67 bits per heavy atom. The number of methoxy groups -OCH3 is 3. The van der Waals surface area contributed by atoms with Crippen molar-refractivity contribution in [3.05, 3.63) is 17.7 Å². The number of aliphatic hydroxyl groups excluding tert-OH is 1. The lowest BCUT2D eigenvalue weighted by Gasteiger charge is -2.15. The Balaban J connectivity index is 3.13. The van der Waals surface area contributed by atoms with Crippen LogP contribution in [-0.2, 0) is 4.79 Å². The van der Waals surface area contributed by atoms with Crippen LogP contribution >= 0.6 is 0 Å². The average molecular weight is 299 g/mol. The molecule has 0 heterocycles. The van der Waals surface area contributed by atoms with E-state index in [0.29, 0.717) is 5.75 Å². The van der Waals surface area contributed by atoms with Crippen LogP contribution in [-0.4, -0.2) is 56.1 Å². The Kier molecular flexibility index (Phi) is 5.79. The van der Waals surface area contributed by atoms with Gasteiger partial charge in [-0.1, -0.05) is 0 Å². The fourth-order valence-electron chi connectivity index (χ4n) is 1.64. The molecule has 0 aliphatic rings. The van der Waals surface area contributed by atoms with E-state index in [-0.39, 0.29) is 17.1 Å². The quantitative estimate of drug-likeness (QED) is 0.643. The third-order valence-corrected chi connectivity index (χ3v) is 2.71. The van der Waals surface area contributed by atoms with Crippen molar-refractivity contribution in [3.8, 4) is 17.2 Å². The fourth-order valence-corrected chi connectivity index (χ4v) is 1.64. The van der Waals surface area contributed by atoms with Crippen LogP contribution in [0.3, 0.4) is 0 Å². The second-order valence-electron chi connectivity index (χ2n) is 3.96. The average Bonchev–Trinajstić information content (AvgIpc) is 2.50. The maximum absolute atomic E-state index is 12.0. The maximum atomic E-state index is 12.0. The van der Waals surface area contributed by atoms with Crippen LogP contribution in [0.2, 0.25) is 0 Å². The summed E-state index contributed by atoms with van der Waals surface area (Å²) in [7, 11) is 4.21. The molecular weight excluding hydrogens is 282 g/mol. The van der Waals surface area contributed by atoms with Gasteiger partial charge in [-0.05, 0) is 12.1 Å². The number of carboxylic acids is 1. The van der Waals surface area contributed by atoms with Gasteiger partial charge in [0.15, 0.2) is 17.5 Å². The Morgan fingerprint density at radius 1 is 1.14 bits per heavy atom. The molecule has 0 saturated carbocycles. The first-order valence-corrected chi connectivity index (χ1v) is 5.93. The minimum atomic E-state index is -1.39. The highest BCUT2D eigenvalue weighted by atomic mass is 16.5. The highest BCUT2D eigenvalue weighted by Crippen LogP contribution is 2.38. The van der Waals surface area contributed by atoms with Crippen LogP contribution in [0, 0.1) is 0 Å². The molecule has 0 spiro atoms. The fraction of sp³-hybridized carbons (Fsp3) is 0.385. The first-order chi connectivity index (χ1) is 9.98. The Morgan fingerprint density at radius 3 is 2.00 bits per heavy atom. The van der Waals surface area contributed by atoms with Crippen molar-refractivity contribution in [3.63, 3.8) is 0 Å². The van der Waals surface area contributed by atoms with Gasteiger partial charge in [0.1, 0.15) is 0 Å². The van der Waals surface area contributed by atoms with Crippen molar-refractivity contribution >= 4 is 11.9 Å². The second kappa shape index (κ2) is 7.34. The van der Waals surface area contributed by atoms with Gasteiger partial charge in [-0.15, -0.1) is 0 Å². The van der Waals surface area contributed by atoms with Gasteiger partial charge in [-0.2, -0.15) is 0 Å². The topological polar surface area (TPSA) is 114 Å². The molecule has 0 aliphatic carbocycles. The molecule has 116 valence electrons. The van der Waals surface area contributed by atoms with Crippen LogP contribution in [0.5, 0.6) is 17.2 Å². The van der Waals surface area contributed by atoms with Gasteiger partial charge in [0.25, 0.3) is 5.91 Å². The summed E-state index contributed by atoms with van der Waals surface area (Å²) in [5.41, 5.74) is 0.115. The van der Waals surface area contributed by atoms with Crippen LogP contribution in [0.15, 0.2) is 12.1 Å². The number of rotatable bonds is 7. The molecular formula is C13H17NO7. The van der Waals surface area contributed by atoms with E-state index in [4.69, 9.17) is 24.4 Å². The SMILES string of the molecule is COc1cc(C(=O)N[C@@H](CO)C(=O)O)cc(OC)c1OC. The highest BCUT2D eigenvalue weighted by Gasteiger charge is 2.22. The number of nitrogens with one attached hydrogen (secondary N) is 1. The molecule has 1 aromatic carbocycles. The smallest absolute Gasteiger partial charge is 0.328 e. The van der Waals surface area contributed by atoms with Gasteiger partial charge in [0.05, 0.1) is 27.9 Å². The molecule has 8 heteroatoms. The third-order valence-electron chi connectivity index (χ3n) is 2.71. The lowest BCUT2D eigenvalue weighted by Crippen LogP contribution is -2.43. The molecule has 1 amide bonds. The number of aliphatic hydroxyl groups is 1. The predicted molar refractivity (Wildman–Crippen MR) is 72.1 cm³/mol. The molecule has 0 saturated heterocycles. The highest BCUT2D eigenvalue weighted by molar-refractivity contribution is 5.97. The predicted octanol–water partition coefficient (Wildman–Crippen LogP) is -0.112. The zero-order chi connectivity index (χ0) is 16.0. The van der Waals surface area contributed by atoms with E-state index in [1.807, 2.05) is 0 Å². The maximum Gasteiger partial charge on any atom is 0.328 e. The van der Waals surface area contributed by atoms with E-state index in [9.17, 15) is 9.59 Å². The lowest BCUT2D eigenvalue weighted by atomic mass is 10.1. The van der Waals surface area contributed by atoms with E-state index in [1.54, 1.807) is 0 Å². The van der Waals surface area contributed by atoms with Crippen molar-refractivity contribution < 1.29 is 34.0 Å². The van der Waals surface area contributed by atoms with Gasteiger partial charge in [-0.25, -0.2) is 4.79 Å². The molecule has 1 aromatic rings. The Hall–Kier alpha value is -2.48.